The van der Waals surface area contributed by atoms with Crippen molar-refractivity contribution in [1.82, 2.24) is 39.7 Å². The van der Waals surface area contributed by atoms with Crippen LogP contribution in [0, 0.1) is 0 Å². The van der Waals surface area contributed by atoms with E-state index >= 15 is 0 Å². The average Bonchev–Trinajstić information content (AvgIpc) is 3.50. The molecule has 0 spiro atoms. The normalized spacial score (nSPS) is 12.1. The van der Waals surface area contributed by atoms with Gasteiger partial charge in [-0.2, -0.15) is 5.10 Å². The molecule has 0 aliphatic rings. The molecule has 0 N–H and O–H groups in total. The van der Waals surface area contributed by atoms with Crippen LogP contribution in [0.25, 0.3) is 33.5 Å². The van der Waals surface area contributed by atoms with E-state index in [1.54, 1.807) is 22.5 Å². The molecule has 1 aromatic carbocycles. The maximum Gasteiger partial charge on any atom is 0.258 e. The van der Waals surface area contributed by atoms with Gasteiger partial charge in [0.05, 0.1) is 18.8 Å². The van der Waals surface area contributed by atoms with Gasteiger partial charge in [0, 0.05) is 37.0 Å². The van der Waals surface area contributed by atoms with Crippen LogP contribution in [0.5, 0.6) is 11.6 Å². The Morgan fingerprint density at radius 1 is 1.06 bits per heavy atom. The molecule has 0 amide bonds. The third-order valence-corrected chi connectivity index (χ3v) is 5.48. The van der Waals surface area contributed by atoms with Gasteiger partial charge in [0.2, 0.25) is 0 Å². The lowest BCUT2D eigenvalue weighted by atomic mass is 10.0. The van der Waals surface area contributed by atoms with E-state index in [4.69, 9.17) is 14.5 Å². The molecular formula is C24H24N8O2. The van der Waals surface area contributed by atoms with Crippen LogP contribution in [0.2, 0.25) is 0 Å². The Hall–Kier alpha value is -4.34. The van der Waals surface area contributed by atoms with Crippen molar-refractivity contribution in [1.29, 1.82) is 0 Å². The van der Waals surface area contributed by atoms with E-state index in [2.05, 4.69) is 25.4 Å². The van der Waals surface area contributed by atoms with Crippen molar-refractivity contribution in [2.45, 2.75) is 26.5 Å². The van der Waals surface area contributed by atoms with Gasteiger partial charge in [-0.3, -0.25) is 9.36 Å². The van der Waals surface area contributed by atoms with Crippen molar-refractivity contribution in [3.8, 4) is 34.1 Å². The van der Waals surface area contributed by atoms with Crippen LogP contribution in [0.3, 0.4) is 0 Å². The van der Waals surface area contributed by atoms with E-state index in [0.29, 0.717) is 34.1 Å². The van der Waals surface area contributed by atoms with Gasteiger partial charge in [0.15, 0.2) is 5.75 Å². The zero-order chi connectivity index (χ0) is 23.7. The largest absolute Gasteiger partial charge is 0.491 e. The summed E-state index contributed by atoms with van der Waals surface area (Å²) in [7, 11) is 3.46. The summed E-state index contributed by atoms with van der Waals surface area (Å²) in [5, 5.41) is 13.0. The number of methoxy groups -OCH3 is 1. The van der Waals surface area contributed by atoms with E-state index in [9.17, 15) is 0 Å². The van der Waals surface area contributed by atoms with Gasteiger partial charge in [-0.25, -0.2) is 15.0 Å². The Balaban J connectivity index is 1.62. The molecule has 4 heterocycles. The predicted molar refractivity (Wildman–Crippen MR) is 126 cm³/mol. The van der Waals surface area contributed by atoms with Crippen LogP contribution in [0.1, 0.15) is 25.6 Å². The number of hydrogen-bond acceptors (Lipinski definition) is 8. The third kappa shape index (κ3) is 3.94. The SMILES string of the molecule is CCn1cc([C@@H](C)Oc2nc3c(-c4cn(C)nc4-c4ccccc4)ncnc3cc2OC)nn1. The fourth-order valence-corrected chi connectivity index (χ4v) is 3.73. The molecule has 0 aliphatic carbocycles. The van der Waals surface area contributed by atoms with Crippen molar-refractivity contribution >= 4 is 11.0 Å². The topological polar surface area (TPSA) is 106 Å². The van der Waals surface area contributed by atoms with Gasteiger partial charge in [0.25, 0.3) is 5.88 Å². The van der Waals surface area contributed by atoms with E-state index in [1.165, 1.54) is 6.33 Å². The summed E-state index contributed by atoms with van der Waals surface area (Å²) in [5.74, 6) is 0.802. The summed E-state index contributed by atoms with van der Waals surface area (Å²) in [4.78, 5) is 13.8. The fraction of sp³-hybridized carbons (Fsp3) is 0.250. The van der Waals surface area contributed by atoms with Crippen LogP contribution < -0.4 is 9.47 Å². The molecule has 10 heteroatoms. The molecule has 34 heavy (non-hydrogen) atoms. The summed E-state index contributed by atoms with van der Waals surface area (Å²) in [6, 6.07) is 11.8. The van der Waals surface area contributed by atoms with Gasteiger partial charge in [-0.05, 0) is 13.8 Å². The highest BCUT2D eigenvalue weighted by atomic mass is 16.5. The first kappa shape index (κ1) is 21.5. The third-order valence-electron chi connectivity index (χ3n) is 5.48. The Morgan fingerprint density at radius 2 is 1.88 bits per heavy atom. The Bertz CT molecular complexity index is 1440. The second-order valence-electron chi connectivity index (χ2n) is 7.78. The molecular weight excluding hydrogens is 432 g/mol. The number of ether oxygens (including phenoxy) is 2. The van der Waals surface area contributed by atoms with E-state index in [0.717, 1.165) is 23.4 Å². The van der Waals surface area contributed by atoms with Crippen molar-refractivity contribution in [2.24, 2.45) is 7.05 Å². The van der Waals surface area contributed by atoms with E-state index in [1.807, 2.05) is 63.6 Å². The van der Waals surface area contributed by atoms with Crippen LogP contribution >= 0.6 is 0 Å². The van der Waals surface area contributed by atoms with Crippen molar-refractivity contribution < 1.29 is 9.47 Å². The molecule has 10 nitrogen and oxygen atoms in total. The molecule has 0 bridgehead atoms. The number of nitrogens with zero attached hydrogens (tertiary/aromatic N) is 8. The molecule has 0 radical (unpaired) electrons. The molecule has 0 unspecified atom stereocenters. The number of benzene rings is 1. The molecule has 172 valence electrons. The summed E-state index contributed by atoms with van der Waals surface area (Å²) < 4.78 is 15.2. The summed E-state index contributed by atoms with van der Waals surface area (Å²) in [6.07, 6.45) is 4.93. The van der Waals surface area contributed by atoms with Crippen molar-refractivity contribution in [2.75, 3.05) is 7.11 Å². The van der Waals surface area contributed by atoms with Gasteiger partial charge in [-0.15, -0.1) is 5.10 Å². The lowest BCUT2D eigenvalue weighted by molar-refractivity contribution is 0.202. The predicted octanol–water partition coefficient (Wildman–Crippen LogP) is 3.85. The molecule has 4 aromatic heterocycles. The number of rotatable bonds is 7. The highest BCUT2D eigenvalue weighted by Gasteiger charge is 2.21. The molecule has 0 fully saturated rings. The number of fused-ring (bicyclic) bond motifs is 1. The minimum atomic E-state index is -0.384. The van der Waals surface area contributed by atoms with Crippen LogP contribution in [-0.4, -0.2) is 46.8 Å². The second-order valence-corrected chi connectivity index (χ2v) is 7.78. The van der Waals surface area contributed by atoms with Crippen LogP contribution in [0.15, 0.2) is 55.1 Å². The van der Waals surface area contributed by atoms with Crippen molar-refractivity contribution in [3.05, 3.63) is 60.8 Å². The highest BCUT2D eigenvalue weighted by molar-refractivity contribution is 5.94. The maximum absolute atomic E-state index is 6.17. The summed E-state index contributed by atoms with van der Waals surface area (Å²) in [5.41, 5.74) is 5.25. The molecule has 0 saturated carbocycles. The quantitative estimate of drug-likeness (QED) is 0.364. The second kappa shape index (κ2) is 8.89. The summed E-state index contributed by atoms with van der Waals surface area (Å²) >= 11 is 0. The fourth-order valence-electron chi connectivity index (χ4n) is 3.73. The summed E-state index contributed by atoms with van der Waals surface area (Å²) in [6.45, 7) is 4.63. The first-order valence-electron chi connectivity index (χ1n) is 10.9. The smallest absolute Gasteiger partial charge is 0.258 e. The Labute approximate surface area is 196 Å². The van der Waals surface area contributed by atoms with Crippen molar-refractivity contribution in [3.63, 3.8) is 0 Å². The highest BCUT2D eigenvalue weighted by Crippen LogP contribution is 2.37. The minimum Gasteiger partial charge on any atom is -0.491 e. The number of hydrogen-bond donors (Lipinski definition) is 0. The monoisotopic (exact) mass is 456 g/mol. The Kier molecular flexibility index (Phi) is 5.62. The minimum absolute atomic E-state index is 0.328. The number of aryl methyl sites for hydroxylation is 2. The lowest BCUT2D eigenvalue weighted by Gasteiger charge is -2.15. The molecule has 0 saturated heterocycles. The molecule has 0 aliphatic heterocycles. The van der Waals surface area contributed by atoms with Crippen LogP contribution in [0.4, 0.5) is 0 Å². The van der Waals surface area contributed by atoms with E-state index in [-0.39, 0.29) is 6.10 Å². The Morgan fingerprint density at radius 3 is 2.62 bits per heavy atom. The maximum atomic E-state index is 6.17. The average molecular weight is 457 g/mol. The van der Waals surface area contributed by atoms with Gasteiger partial charge in [-0.1, -0.05) is 35.5 Å². The lowest BCUT2D eigenvalue weighted by Crippen LogP contribution is -2.07. The van der Waals surface area contributed by atoms with Gasteiger partial charge in [0.1, 0.15) is 35.0 Å². The zero-order valence-corrected chi connectivity index (χ0v) is 19.4. The number of pyridine rings is 1. The zero-order valence-electron chi connectivity index (χ0n) is 19.4. The van der Waals surface area contributed by atoms with Gasteiger partial charge < -0.3 is 9.47 Å². The molecule has 5 aromatic rings. The van der Waals surface area contributed by atoms with Crippen LogP contribution in [-0.2, 0) is 13.6 Å². The first-order valence-corrected chi connectivity index (χ1v) is 10.9. The first-order chi connectivity index (χ1) is 16.6. The van der Waals surface area contributed by atoms with E-state index < -0.39 is 0 Å². The van der Waals surface area contributed by atoms with Gasteiger partial charge >= 0.3 is 0 Å². The standard InChI is InChI=1S/C24H24N8O2/c1-5-32-13-19(28-30-32)15(2)34-24-20(33-4)11-18-23(27-24)22(26-14-25-18)17-12-31(3)29-21(17)16-9-7-6-8-10-16/h6-15H,5H2,1-4H3/t15-/m1/s1. The molecule has 5 rings (SSSR count). The number of aromatic nitrogens is 8. The molecule has 1 atom stereocenters.